The first kappa shape index (κ1) is 17.0. The van der Waals surface area contributed by atoms with E-state index in [9.17, 15) is 9.59 Å². The predicted octanol–water partition coefficient (Wildman–Crippen LogP) is 2.05. The number of ether oxygens (including phenoxy) is 2. The Hall–Kier alpha value is -1.89. The summed E-state index contributed by atoms with van der Waals surface area (Å²) in [6, 6.07) is 3.25. The molecule has 0 aromatic heterocycles. The smallest absolute Gasteiger partial charge is 0.260 e. The summed E-state index contributed by atoms with van der Waals surface area (Å²) < 4.78 is 10.7. The summed E-state index contributed by atoms with van der Waals surface area (Å²) in [5.74, 6) is 1.68. The molecule has 1 aromatic rings. The van der Waals surface area contributed by atoms with Crippen molar-refractivity contribution in [3.8, 4) is 11.5 Å². The standard InChI is InChI=1S/C17H22N2O4S/c1-9(2)7-18-15(20)11-8-24-17-10-5-6-12(22-3)14(23-4)13(10)16(21)19(11)17/h5-6,9,11,17H,7-8H2,1-4H3,(H,18,20)/t11-,17-/m0/s1. The summed E-state index contributed by atoms with van der Waals surface area (Å²) in [5.41, 5.74) is 1.40. The Morgan fingerprint density at radius 3 is 2.75 bits per heavy atom. The Balaban J connectivity index is 1.91. The molecule has 2 amide bonds. The van der Waals surface area contributed by atoms with Gasteiger partial charge in [0.2, 0.25) is 5.91 Å². The first-order valence-electron chi connectivity index (χ1n) is 7.96. The summed E-state index contributed by atoms with van der Waals surface area (Å²) in [6.45, 7) is 4.69. The molecule has 2 heterocycles. The topological polar surface area (TPSA) is 67.9 Å². The summed E-state index contributed by atoms with van der Waals surface area (Å²) in [7, 11) is 3.07. The zero-order chi connectivity index (χ0) is 17.4. The highest BCUT2D eigenvalue weighted by atomic mass is 32.2. The first-order chi connectivity index (χ1) is 11.5. The van der Waals surface area contributed by atoms with Crippen LogP contribution in [0.4, 0.5) is 0 Å². The number of hydrogen-bond donors (Lipinski definition) is 1. The van der Waals surface area contributed by atoms with Crippen LogP contribution in [0.15, 0.2) is 12.1 Å². The Morgan fingerprint density at radius 2 is 2.12 bits per heavy atom. The quantitative estimate of drug-likeness (QED) is 0.880. The van der Waals surface area contributed by atoms with Crippen LogP contribution in [-0.4, -0.2) is 49.3 Å². The molecule has 2 atom stereocenters. The third-order valence-corrected chi connectivity index (χ3v) is 5.58. The van der Waals surface area contributed by atoms with Crippen LogP contribution in [0.1, 0.15) is 35.1 Å². The van der Waals surface area contributed by atoms with E-state index in [-0.39, 0.29) is 17.2 Å². The van der Waals surface area contributed by atoms with Gasteiger partial charge in [-0.2, -0.15) is 0 Å². The van der Waals surface area contributed by atoms with E-state index in [0.717, 1.165) is 5.56 Å². The third-order valence-electron chi connectivity index (χ3n) is 4.28. The van der Waals surface area contributed by atoms with Crippen LogP contribution in [0.3, 0.4) is 0 Å². The van der Waals surface area contributed by atoms with Crippen molar-refractivity contribution in [3.05, 3.63) is 23.3 Å². The fourth-order valence-electron chi connectivity index (χ4n) is 3.12. The average molecular weight is 350 g/mol. The molecule has 6 nitrogen and oxygen atoms in total. The Labute approximate surface area is 145 Å². The normalized spacial score (nSPS) is 21.7. The fraction of sp³-hybridized carbons (Fsp3) is 0.529. The number of thioether (sulfide) groups is 1. The van der Waals surface area contributed by atoms with Gasteiger partial charge in [-0.3, -0.25) is 9.59 Å². The minimum atomic E-state index is -0.450. The van der Waals surface area contributed by atoms with E-state index >= 15 is 0 Å². The number of nitrogens with zero attached hydrogens (tertiary/aromatic N) is 1. The number of amides is 2. The van der Waals surface area contributed by atoms with Gasteiger partial charge in [0.25, 0.3) is 5.91 Å². The lowest BCUT2D eigenvalue weighted by molar-refractivity contribution is -0.124. The zero-order valence-electron chi connectivity index (χ0n) is 14.3. The molecular weight excluding hydrogens is 328 g/mol. The number of rotatable bonds is 5. The highest BCUT2D eigenvalue weighted by Gasteiger charge is 2.50. The maximum Gasteiger partial charge on any atom is 0.260 e. The summed E-state index contributed by atoms with van der Waals surface area (Å²) in [5, 5.41) is 2.80. The largest absolute Gasteiger partial charge is 0.493 e. The van der Waals surface area contributed by atoms with E-state index in [1.165, 1.54) is 7.11 Å². The minimum absolute atomic E-state index is 0.0919. The van der Waals surface area contributed by atoms with Gasteiger partial charge in [0.05, 0.1) is 19.8 Å². The molecule has 0 radical (unpaired) electrons. The lowest BCUT2D eigenvalue weighted by Crippen LogP contribution is -2.46. The molecule has 1 aromatic carbocycles. The second-order valence-electron chi connectivity index (χ2n) is 6.32. The first-order valence-corrected chi connectivity index (χ1v) is 9.01. The summed E-state index contributed by atoms with van der Waals surface area (Å²) in [6.07, 6.45) is 0. The molecule has 7 heteroatoms. The second kappa shape index (κ2) is 6.55. The molecule has 1 fully saturated rings. The molecule has 0 bridgehead atoms. The van der Waals surface area contributed by atoms with Crippen molar-refractivity contribution in [1.82, 2.24) is 10.2 Å². The number of methoxy groups -OCH3 is 2. The number of benzene rings is 1. The van der Waals surface area contributed by atoms with Crippen LogP contribution >= 0.6 is 11.8 Å². The number of nitrogens with one attached hydrogen (secondary N) is 1. The molecule has 3 rings (SSSR count). The SMILES string of the molecule is COc1ccc2c(c1OC)C(=O)N1[C@H](C(=O)NCC(C)C)CS[C@@H]21. The molecule has 24 heavy (non-hydrogen) atoms. The van der Waals surface area contributed by atoms with Crippen LogP contribution in [0.2, 0.25) is 0 Å². The zero-order valence-corrected chi connectivity index (χ0v) is 15.1. The molecule has 0 spiro atoms. The van der Waals surface area contributed by atoms with Gasteiger partial charge in [0, 0.05) is 17.9 Å². The number of fused-ring (bicyclic) bond motifs is 3. The molecule has 1 saturated heterocycles. The van der Waals surface area contributed by atoms with Gasteiger partial charge >= 0.3 is 0 Å². The lowest BCUT2D eigenvalue weighted by atomic mass is 10.1. The van der Waals surface area contributed by atoms with Crippen molar-refractivity contribution in [2.45, 2.75) is 25.3 Å². The van der Waals surface area contributed by atoms with Gasteiger partial charge < -0.3 is 19.7 Å². The summed E-state index contributed by atoms with van der Waals surface area (Å²) >= 11 is 1.61. The number of hydrogen-bond acceptors (Lipinski definition) is 5. The molecule has 0 unspecified atom stereocenters. The molecule has 2 aliphatic heterocycles. The van der Waals surface area contributed by atoms with Crippen LogP contribution in [0.25, 0.3) is 0 Å². The van der Waals surface area contributed by atoms with Gasteiger partial charge in [-0.15, -0.1) is 11.8 Å². The van der Waals surface area contributed by atoms with Gasteiger partial charge in [-0.25, -0.2) is 0 Å². The highest BCUT2D eigenvalue weighted by molar-refractivity contribution is 7.99. The second-order valence-corrected chi connectivity index (χ2v) is 7.43. The third kappa shape index (κ3) is 2.60. The monoisotopic (exact) mass is 350 g/mol. The van der Waals surface area contributed by atoms with Gasteiger partial charge in [0.15, 0.2) is 11.5 Å². The average Bonchev–Trinajstić information content (AvgIpc) is 3.12. The Bertz CT molecular complexity index is 677. The van der Waals surface area contributed by atoms with Crippen molar-refractivity contribution >= 4 is 23.6 Å². The van der Waals surface area contributed by atoms with Crippen LogP contribution in [-0.2, 0) is 4.79 Å². The highest BCUT2D eigenvalue weighted by Crippen LogP contribution is 2.52. The van der Waals surface area contributed by atoms with Gasteiger partial charge in [-0.05, 0) is 12.0 Å². The lowest BCUT2D eigenvalue weighted by Gasteiger charge is -2.23. The van der Waals surface area contributed by atoms with Crippen molar-refractivity contribution in [3.63, 3.8) is 0 Å². The maximum atomic E-state index is 13.0. The van der Waals surface area contributed by atoms with Crippen molar-refractivity contribution in [2.75, 3.05) is 26.5 Å². The van der Waals surface area contributed by atoms with Gasteiger partial charge in [-0.1, -0.05) is 19.9 Å². The molecule has 130 valence electrons. The van der Waals surface area contributed by atoms with E-state index in [4.69, 9.17) is 9.47 Å². The maximum absolute atomic E-state index is 13.0. The van der Waals surface area contributed by atoms with Crippen molar-refractivity contribution < 1.29 is 19.1 Å². The van der Waals surface area contributed by atoms with Crippen molar-refractivity contribution in [2.24, 2.45) is 5.92 Å². The van der Waals surface area contributed by atoms with E-state index in [1.54, 1.807) is 29.8 Å². The van der Waals surface area contributed by atoms with E-state index in [1.807, 2.05) is 19.9 Å². The molecule has 2 aliphatic rings. The van der Waals surface area contributed by atoms with Crippen LogP contribution < -0.4 is 14.8 Å². The Morgan fingerprint density at radius 1 is 1.38 bits per heavy atom. The van der Waals surface area contributed by atoms with Crippen molar-refractivity contribution in [1.29, 1.82) is 0 Å². The minimum Gasteiger partial charge on any atom is -0.493 e. The van der Waals surface area contributed by atoms with E-state index in [2.05, 4.69) is 5.32 Å². The van der Waals surface area contributed by atoms with E-state index < -0.39 is 6.04 Å². The van der Waals surface area contributed by atoms with Crippen LogP contribution in [0.5, 0.6) is 11.5 Å². The molecule has 0 saturated carbocycles. The summed E-state index contributed by atoms with van der Waals surface area (Å²) in [4.78, 5) is 27.1. The van der Waals surface area contributed by atoms with Crippen LogP contribution in [0, 0.1) is 5.92 Å². The van der Waals surface area contributed by atoms with Gasteiger partial charge in [0.1, 0.15) is 11.4 Å². The molecule has 1 N–H and O–H groups in total. The fourth-order valence-corrected chi connectivity index (χ4v) is 4.57. The molecular formula is C17H22N2O4S. The predicted molar refractivity (Wildman–Crippen MR) is 92.6 cm³/mol. The van der Waals surface area contributed by atoms with E-state index in [0.29, 0.717) is 35.3 Å². The Kier molecular flexibility index (Phi) is 4.62. The molecule has 0 aliphatic carbocycles. The number of carbonyl (C=O) groups is 2. The number of carbonyl (C=O) groups excluding carboxylic acids is 2.